The minimum absolute atomic E-state index is 0.223. The van der Waals surface area contributed by atoms with Crippen molar-refractivity contribution in [2.24, 2.45) is 5.10 Å². The fourth-order valence-electron chi connectivity index (χ4n) is 2.10. The lowest BCUT2D eigenvalue weighted by Gasteiger charge is -2.06. The van der Waals surface area contributed by atoms with Crippen LogP contribution in [0.4, 0.5) is 19.0 Å². The number of hydrogen-bond acceptors (Lipinski definition) is 4. The third-order valence-electron chi connectivity index (χ3n) is 3.26. The van der Waals surface area contributed by atoms with Crippen LogP contribution in [-0.2, 0) is 6.18 Å². The molecule has 0 saturated heterocycles. The summed E-state index contributed by atoms with van der Waals surface area (Å²) in [7, 11) is 0. The zero-order valence-electron chi connectivity index (χ0n) is 12.3. The highest BCUT2D eigenvalue weighted by Gasteiger charge is 2.30. The number of pyridine rings is 2. The van der Waals surface area contributed by atoms with Gasteiger partial charge < -0.3 is 0 Å². The third kappa shape index (κ3) is 3.50. The van der Waals surface area contributed by atoms with Gasteiger partial charge in [0, 0.05) is 16.0 Å². The molecule has 24 heavy (non-hydrogen) atoms. The van der Waals surface area contributed by atoms with Crippen LogP contribution in [0.3, 0.4) is 0 Å². The Morgan fingerprint density at radius 1 is 1.25 bits per heavy atom. The predicted molar refractivity (Wildman–Crippen MR) is 93.1 cm³/mol. The molecule has 3 heterocycles. The average molecular weight is 445 g/mol. The van der Waals surface area contributed by atoms with E-state index in [0.717, 1.165) is 32.9 Å². The van der Waals surface area contributed by atoms with Crippen molar-refractivity contribution in [2.45, 2.75) is 13.1 Å². The second kappa shape index (κ2) is 6.38. The topological polar surface area (TPSA) is 54.6 Å². The molecule has 0 atom stereocenters. The van der Waals surface area contributed by atoms with Crippen LogP contribution in [-0.4, -0.2) is 20.6 Å². The minimum Gasteiger partial charge on any atom is -0.297 e. The standard InChI is InChI=1S/C15H11F3IN5/c1-9-12(24-8-11(19)3-5-14(24)22-9)7-21-23-13-4-2-10(6-20-13)15(16,17)18/h2-8H,1H3,(H,20,23). The van der Waals surface area contributed by atoms with Crippen molar-refractivity contribution < 1.29 is 13.2 Å². The van der Waals surface area contributed by atoms with Gasteiger partial charge in [-0.05, 0) is 53.8 Å². The molecule has 0 amide bonds. The lowest BCUT2D eigenvalue weighted by molar-refractivity contribution is -0.137. The summed E-state index contributed by atoms with van der Waals surface area (Å²) in [6, 6.07) is 6.03. The van der Waals surface area contributed by atoms with E-state index in [-0.39, 0.29) is 5.82 Å². The number of aromatic nitrogens is 3. The molecule has 0 radical (unpaired) electrons. The number of nitrogens with one attached hydrogen (secondary N) is 1. The van der Waals surface area contributed by atoms with Gasteiger partial charge in [0.25, 0.3) is 0 Å². The van der Waals surface area contributed by atoms with Crippen molar-refractivity contribution in [3.8, 4) is 0 Å². The van der Waals surface area contributed by atoms with Gasteiger partial charge >= 0.3 is 6.18 Å². The number of halogens is 4. The highest BCUT2D eigenvalue weighted by atomic mass is 127. The van der Waals surface area contributed by atoms with Gasteiger partial charge in [0.15, 0.2) is 0 Å². The fourth-order valence-corrected chi connectivity index (χ4v) is 2.56. The molecule has 0 spiro atoms. The maximum atomic E-state index is 12.5. The molecule has 9 heteroatoms. The molecule has 0 aromatic carbocycles. The van der Waals surface area contributed by atoms with Crippen molar-refractivity contribution in [2.75, 3.05) is 5.43 Å². The van der Waals surface area contributed by atoms with Gasteiger partial charge in [-0.25, -0.2) is 9.97 Å². The molecule has 3 rings (SSSR count). The molecule has 0 aliphatic carbocycles. The molecule has 0 unspecified atom stereocenters. The zero-order valence-corrected chi connectivity index (χ0v) is 14.5. The average Bonchev–Trinajstić information content (AvgIpc) is 2.82. The molecule has 1 N–H and O–H groups in total. The second-order valence-corrected chi connectivity index (χ2v) is 6.20. The first-order valence-electron chi connectivity index (χ1n) is 6.81. The molecule has 5 nitrogen and oxygen atoms in total. The SMILES string of the molecule is Cc1nc2ccc(I)cn2c1C=NNc1ccc(C(F)(F)F)cn1. The summed E-state index contributed by atoms with van der Waals surface area (Å²) < 4.78 is 40.4. The fraction of sp³-hybridized carbons (Fsp3) is 0.133. The monoisotopic (exact) mass is 445 g/mol. The van der Waals surface area contributed by atoms with Crippen molar-refractivity contribution in [1.82, 2.24) is 14.4 Å². The maximum Gasteiger partial charge on any atom is 0.417 e. The molecule has 124 valence electrons. The van der Waals surface area contributed by atoms with Gasteiger partial charge in [0.05, 0.1) is 23.2 Å². The largest absolute Gasteiger partial charge is 0.417 e. The predicted octanol–water partition coefficient (Wildman–Crippen LogP) is 4.11. The number of aryl methyl sites for hydroxylation is 1. The summed E-state index contributed by atoms with van der Waals surface area (Å²) in [6.45, 7) is 1.86. The van der Waals surface area contributed by atoms with Crippen molar-refractivity contribution >= 4 is 40.3 Å². The Kier molecular flexibility index (Phi) is 4.43. The summed E-state index contributed by atoms with van der Waals surface area (Å²) in [5.74, 6) is 0.223. The number of hydrogen-bond donors (Lipinski definition) is 1. The lowest BCUT2D eigenvalue weighted by Crippen LogP contribution is -2.05. The number of nitrogens with zero attached hydrogens (tertiary/aromatic N) is 4. The van der Waals surface area contributed by atoms with E-state index >= 15 is 0 Å². The van der Waals surface area contributed by atoms with Gasteiger partial charge in [-0.2, -0.15) is 18.3 Å². The number of imidazole rings is 1. The van der Waals surface area contributed by atoms with Gasteiger partial charge in [0.2, 0.25) is 0 Å². The Morgan fingerprint density at radius 2 is 2.04 bits per heavy atom. The summed E-state index contributed by atoms with van der Waals surface area (Å²) in [4.78, 5) is 8.11. The van der Waals surface area contributed by atoms with Crippen molar-refractivity contribution in [1.29, 1.82) is 0 Å². The number of rotatable bonds is 3. The molecular weight excluding hydrogens is 434 g/mol. The molecule has 0 bridgehead atoms. The van der Waals surface area contributed by atoms with Crippen LogP contribution in [0.15, 0.2) is 41.8 Å². The summed E-state index contributed by atoms with van der Waals surface area (Å²) in [6.07, 6.45) is -0.155. The Labute approximate surface area is 148 Å². The lowest BCUT2D eigenvalue weighted by atomic mass is 10.3. The molecule has 3 aromatic rings. The summed E-state index contributed by atoms with van der Waals surface area (Å²) in [5.41, 5.74) is 4.18. The Balaban J connectivity index is 1.80. The van der Waals surface area contributed by atoms with Crippen molar-refractivity contribution in [3.63, 3.8) is 0 Å². The zero-order chi connectivity index (χ0) is 17.3. The van der Waals surface area contributed by atoms with Crippen LogP contribution in [0, 0.1) is 10.5 Å². The van der Waals surface area contributed by atoms with Crippen LogP contribution in [0.25, 0.3) is 5.65 Å². The number of alkyl halides is 3. The van der Waals surface area contributed by atoms with Gasteiger partial charge in [-0.1, -0.05) is 0 Å². The Hall–Kier alpha value is -2.17. The second-order valence-electron chi connectivity index (χ2n) is 4.96. The summed E-state index contributed by atoms with van der Waals surface area (Å²) in [5, 5.41) is 4.03. The van der Waals surface area contributed by atoms with E-state index in [4.69, 9.17) is 0 Å². The van der Waals surface area contributed by atoms with Crippen LogP contribution < -0.4 is 5.43 Å². The summed E-state index contributed by atoms with van der Waals surface area (Å²) >= 11 is 2.20. The van der Waals surface area contributed by atoms with Crippen LogP contribution >= 0.6 is 22.6 Å². The molecule has 0 aliphatic rings. The molecule has 3 aromatic heterocycles. The number of anilines is 1. The van der Waals surface area contributed by atoms with E-state index in [2.05, 4.69) is 43.1 Å². The molecule has 0 fully saturated rings. The van der Waals surface area contributed by atoms with Crippen LogP contribution in [0.1, 0.15) is 17.0 Å². The van der Waals surface area contributed by atoms with Gasteiger partial charge in [0.1, 0.15) is 11.5 Å². The van der Waals surface area contributed by atoms with Crippen molar-refractivity contribution in [3.05, 3.63) is 57.2 Å². The van der Waals surface area contributed by atoms with Gasteiger partial charge in [-0.3, -0.25) is 9.83 Å². The quantitative estimate of drug-likeness (QED) is 0.375. The first-order chi connectivity index (χ1) is 11.3. The number of fused-ring (bicyclic) bond motifs is 1. The van der Waals surface area contributed by atoms with E-state index in [1.165, 1.54) is 6.07 Å². The number of hydrazone groups is 1. The minimum atomic E-state index is -4.40. The highest BCUT2D eigenvalue weighted by Crippen LogP contribution is 2.28. The smallest absolute Gasteiger partial charge is 0.297 e. The van der Waals surface area contributed by atoms with E-state index in [1.54, 1.807) is 6.21 Å². The molecular formula is C15H11F3IN5. The van der Waals surface area contributed by atoms with E-state index in [0.29, 0.717) is 0 Å². The van der Waals surface area contributed by atoms with Gasteiger partial charge in [-0.15, -0.1) is 0 Å². The van der Waals surface area contributed by atoms with Crippen LogP contribution in [0.2, 0.25) is 0 Å². The normalized spacial score (nSPS) is 12.2. The highest BCUT2D eigenvalue weighted by molar-refractivity contribution is 14.1. The molecule has 0 saturated carbocycles. The third-order valence-corrected chi connectivity index (χ3v) is 3.90. The van der Waals surface area contributed by atoms with Crippen LogP contribution in [0.5, 0.6) is 0 Å². The van der Waals surface area contributed by atoms with E-state index in [1.807, 2.05) is 29.7 Å². The molecule has 0 aliphatic heterocycles. The Morgan fingerprint density at radius 3 is 2.71 bits per heavy atom. The maximum absolute atomic E-state index is 12.5. The first-order valence-corrected chi connectivity index (χ1v) is 7.89. The first kappa shape index (κ1) is 16.7. The Bertz CT molecular complexity index is 900. The van der Waals surface area contributed by atoms with E-state index in [9.17, 15) is 13.2 Å². The van der Waals surface area contributed by atoms with E-state index < -0.39 is 11.7 Å².